The lowest BCUT2D eigenvalue weighted by atomic mass is 9.99. The number of aryl methyl sites for hydroxylation is 3. The van der Waals surface area contributed by atoms with Crippen molar-refractivity contribution in [2.45, 2.75) is 20.8 Å². The number of thioether (sulfide) groups is 1. The molecule has 7 heteroatoms. The van der Waals surface area contributed by atoms with Crippen molar-refractivity contribution in [1.82, 2.24) is 9.88 Å². The zero-order valence-electron chi connectivity index (χ0n) is 14.5. The molecule has 0 aliphatic heterocycles. The third-order valence-electron chi connectivity index (χ3n) is 3.56. The lowest BCUT2D eigenvalue weighted by molar-refractivity contribution is -0.113. The van der Waals surface area contributed by atoms with E-state index in [0.717, 1.165) is 11.3 Å². The van der Waals surface area contributed by atoms with E-state index in [-0.39, 0.29) is 11.7 Å². The molecule has 0 aliphatic carbocycles. The Morgan fingerprint density at radius 2 is 1.92 bits per heavy atom. The average molecular weight is 380 g/mol. The Morgan fingerprint density at radius 1 is 1.25 bits per heavy atom. The molecule has 0 fully saturated rings. The number of nitrogens with zero attached hydrogens (tertiary/aromatic N) is 2. The van der Waals surface area contributed by atoms with Crippen molar-refractivity contribution in [2.75, 3.05) is 25.2 Å². The first-order chi connectivity index (χ1) is 11.3. The van der Waals surface area contributed by atoms with Crippen LogP contribution in [0.5, 0.6) is 0 Å². The molecule has 2 rings (SSSR count). The molecular formula is C17H21N3OS3. The smallest absolute Gasteiger partial charge is 0.236 e. The number of thiocarbonyl (C=S) groups is 1. The molecule has 4 nitrogen and oxygen atoms in total. The highest BCUT2D eigenvalue weighted by Crippen LogP contribution is 2.29. The van der Waals surface area contributed by atoms with Crippen molar-refractivity contribution in [2.24, 2.45) is 0 Å². The van der Waals surface area contributed by atoms with Gasteiger partial charge in [-0.05, 0) is 43.5 Å². The second-order valence-electron chi connectivity index (χ2n) is 5.79. The highest BCUT2D eigenvalue weighted by atomic mass is 32.2. The van der Waals surface area contributed by atoms with Crippen LogP contribution in [-0.2, 0) is 4.79 Å². The fourth-order valence-electron chi connectivity index (χ4n) is 2.10. The topological polar surface area (TPSA) is 45.2 Å². The Labute approximate surface area is 156 Å². The summed E-state index contributed by atoms with van der Waals surface area (Å²) < 4.78 is 0.690. The van der Waals surface area contributed by atoms with Crippen LogP contribution >= 0.6 is 35.3 Å². The molecule has 0 saturated heterocycles. The van der Waals surface area contributed by atoms with Crippen LogP contribution < -0.4 is 5.32 Å². The van der Waals surface area contributed by atoms with Crippen LogP contribution in [0.4, 0.5) is 5.13 Å². The summed E-state index contributed by atoms with van der Waals surface area (Å²) in [6.45, 7) is 6.28. The molecule has 0 atom stereocenters. The molecule has 1 aromatic carbocycles. The summed E-state index contributed by atoms with van der Waals surface area (Å²) >= 11 is 7.94. The fraction of sp³-hybridized carbons (Fsp3) is 0.353. The summed E-state index contributed by atoms with van der Waals surface area (Å²) in [5.74, 6) is 0.191. The first-order valence-corrected chi connectivity index (χ1v) is 9.73. The number of benzene rings is 1. The second kappa shape index (κ2) is 8.09. The maximum Gasteiger partial charge on any atom is 0.236 e. The SMILES string of the molecule is Cc1cc(C)c(-c2csc(NC(=O)CSC(=S)N(C)C)n2)cc1C. The molecule has 0 unspecified atom stereocenters. The summed E-state index contributed by atoms with van der Waals surface area (Å²) in [5, 5.41) is 5.43. The fourth-order valence-corrected chi connectivity index (χ4v) is 3.59. The van der Waals surface area contributed by atoms with E-state index in [2.05, 4.69) is 43.2 Å². The number of hydrogen-bond acceptors (Lipinski definition) is 5. The normalized spacial score (nSPS) is 10.5. The first-order valence-electron chi connectivity index (χ1n) is 7.45. The summed E-state index contributed by atoms with van der Waals surface area (Å²) in [7, 11) is 3.73. The summed E-state index contributed by atoms with van der Waals surface area (Å²) in [4.78, 5) is 18.4. The van der Waals surface area contributed by atoms with Crippen molar-refractivity contribution in [1.29, 1.82) is 0 Å². The molecular weight excluding hydrogens is 358 g/mol. The molecule has 0 bridgehead atoms. The zero-order valence-corrected chi connectivity index (χ0v) is 16.9. The van der Waals surface area contributed by atoms with E-state index in [9.17, 15) is 4.79 Å². The highest BCUT2D eigenvalue weighted by Gasteiger charge is 2.12. The Bertz CT molecular complexity index is 768. The monoisotopic (exact) mass is 379 g/mol. The number of carbonyl (C=O) groups excluding carboxylic acids is 1. The van der Waals surface area contributed by atoms with Gasteiger partial charge in [0, 0.05) is 25.0 Å². The van der Waals surface area contributed by atoms with Crippen molar-refractivity contribution in [3.63, 3.8) is 0 Å². The number of rotatable bonds is 4. The van der Waals surface area contributed by atoms with Gasteiger partial charge in [-0.3, -0.25) is 4.79 Å². The Kier molecular flexibility index (Phi) is 6.37. The lowest BCUT2D eigenvalue weighted by Gasteiger charge is -2.11. The van der Waals surface area contributed by atoms with Crippen LogP contribution in [0.15, 0.2) is 17.5 Å². The molecule has 0 saturated carbocycles. The zero-order chi connectivity index (χ0) is 17.9. The number of anilines is 1. The van der Waals surface area contributed by atoms with Gasteiger partial charge in [-0.1, -0.05) is 30.0 Å². The number of carbonyl (C=O) groups is 1. The van der Waals surface area contributed by atoms with Gasteiger partial charge in [-0.15, -0.1) is 11.3 Å². The number of amides is 1. The van der Waals surface area contributed by atoms with Gasteiger partial charge in [-0.25, -0.2) is 4.98 Å². The predicted octanol–water partition coefficient (Wildman–Crippen LogP) is 4.25. The second-order valence-corrected chi connectivity index (χ2v) is 8.25. The van der Waals surface area contributed by atoms with Crippen LogP contribution in [0.2, 0.25) is 0 Å². The standard InChI is InChI=1S/C17H21N3OS3/c1-10-6-12(3)13(7-11(10)2)14-8-23-16(18-14)19-15(21)9-24-17(22)20(4)5/h6-8H,9H2,1-5H3,(H,18,19,21). The van der Waals surface area contributed by atoms with Crippen LogP contribution in [0.1, 0.15) is 16.7 Å². The Hall–Kier alpha value is -1.44. The van der Waals surface area contributed by atoms with E-state index in [1.165, 1.54) is 39.8 Å². The van der Waals surface area contributed by atoms with Crippen molar-refractivity contribution in [3.8, 4) is 11.3 Å². The van der Waals surface area contributed by atoms with Gasteiger partial charge in [0.05, 0.1) is 11.4 Å². The molecule has 1 N–H and O–H groups in total. The van der Waals surface area contributed by atoms with E-state index in [4.69, 9.17) is 12.2 Å². The van der Waals surface area contributed by atoms with Crippen molar-refractivity contribution in [3.05, 3.63) is 34.2 Å². The molecule has 2 aromatic rings. The number of aromatic nitrogens is 1. The van der Waals surface area contributed by atoms with Gasteiger partial charge in [0.1, 0.15) is 4.32 Å². The van der Waals surface area contributed by atoms with Crippen LogP contribution in [0.25, 0.3) is 11.3 Å². The molecule has 1 heterocycles. The van der Waals surface area contributed by atoms with Crippen LogP contribution in [-0.4, -0.2) is 40.0 Å². The summed E-state index contributed by atoms with van der Waals surface area (Å²) in [5.41, 5.74) is 5.70. The van der Waals surface area contributed by atoms with Gasteiger partial charge >= 0.3 is 0 Å². The van der Waals surface area contributed by atoms with E-state index in [1.54, 1.807) is 0 Å². The Balaban J connectivity index is 2.05. The third-order valence-corrected chi connectivity index (χ3v) is 6.05. The minimum absolute atomic E-state index is 0.0955. The molecule has 1 amide bonds. The molecule has 0 spiro atoms. The van der Waals surface area contributed by atoms with E-state index in [1.807, 2.05) is 24.4 Å². The van der Waals surface area contributed by atoms with Gasteiger partial charge in [0.25, 0.3) is 0 Å². The molecule has 128 valence electrons. The maximum atomic E-state index is 12.0. The predicted molar refractivity (Wildman–Crippen MR) is 109 cm³/mol. The number of hydrogen-bond donors (Lipinski definition) is 1. The highest BCUT2D eigenvalue weighted by molar-refractivity contribution is 8.23. The number of thiazole rings is 1. The van der Waals surface area contributed by atoms with Crippen molar-refractivity contribution >= 4 is 50.7 Å². The number of nitrogens with one attached hydrogen (secondary N) is 1. The van der Waals surface area contributed by atoms with E-state index >= 15 is 0 Å². The first kappa shape index (κ1) is 18.9. The summed E-state index contributed by atoms with van der Waals surface area (Å²) in [6, 6.07) is 4.32. The average Bonchev–Trinajstić information content (AvgIpc) is 2.96. The third kappa shape index (κ3) is 4.78. The van der Waals surface area contributed by atoms with Crippen molar-refractivity contribution < 1.29 is 4.79 Å². The summed E-state index contributed by atoms with van der Waals surface area (Å²) in [6.07, 6.45) is 0. The molecule has 0 aliphatic rings. The lowest BCUT2D eigenvalue weighted by Crippen LogP contribution is -2.20. The van der Waals surface area contributed by atoms with E-state index < -0.39 is 0 Å². The van der Waals surface area contributed by atoms with Gasteiger partial charge in [0.2, 0.25) is 5.91 Å². The molecule has 24 heavy (non-hydrogen) atoms. The minimum atomic E-state index is -0.0955. The van der Waals surface area contributed by atoms with Crippen LogP contribution in [0, 0.1) is 20.8 Å². The van der Waals surface area contributed by atoms with Gasteiger partial charge in [-0.2, -0.15) is 0 Å². The van der Waals surface area contributed by atoms with Crippen LogP contribution in [0.3, 0.4) is 0 Å². The Morgan fingerprint density at radius 3 is 2.58 bits per heavy atom. The molecule has 0 radical (unpaired) electrons. The van der Waals surface area contributed by atoms with Gasteiger partial charge < -0.3 is 10.2 Å². The van der Waals surface area contributed by atoms with Gasteiger partial charge in [0.15, 0.2) is 5.13 Å². The largest absolute Gasteiger partial charge is 0.364 e. The quantitative estimate of drug-likeness (QED) is 0.805. The minimum Gasteiger partial charge on any atom is -0.364 e. The van der Waals surface area contributed by atoms with E-state index in [0.29, 0.717) is 9.45 Å². The molecule has 1 aromatic heterocycles. The maximum absolute atomic E-state index is 12.0.